The van der Waals surface area contributed by atoms with Gasteiger partial charge >= 0.3 is 0 Å². The maximum atomic E-state index is 12.1. The Morgan fingerprint density at radius 2 is 2.14 bits per heavy atom. The van der Waals surface area contributed by atoms with Gasteiger partial charge in [0.05, 0.1) is 4.92 Å². The fraction of sp³-hybridized carbons (Fsp3) is 0.533. The zero-order chi connectivity index (χ0) is 15.4. The molecule has 1 aliphatic rings. The van der Waals surface area contributed by atoms with Crippen LogP contribution in [0.5, 0.6) is 0 Å². The molecule has 1 fully saturated rings. The number of nitrogens with one attached hydrogen (secondary N) is 1. The first-order valence-electron chi connectivity index (χ1n) is 7.17. The molecule has 2 rings (SSSR count). The zero-order valence-corrected chi connectivity index (χ0v) is 12.0. The summed E-state index contributed by atoms with van der Waals surface area (Å²) in [6, 6.07) is 4.48. The van der Waals surface area contributed by atoms with Gasteiger partial charge in [-0.2, -0.15) is 0 Å². The van der Waals surface area contributed by atoms with Crippen molar-refractivity contribution in [2.45, 2.75) is 26.2 Å². The first-order chi connectivity index (χ1) is 10.0. The Bertz CT molecular complexity index is 544. The monoisotopic (exact) mass is 292 g/mol. The molecular weight excluding hydrogens is 272 g/mol. The molecule has 0 aromatic heterocycles. The first kappa shape index (κ1) is 15.4. The third kappa shape index (κ3) is 3.58. The van der Waals surface area contributed by atoms with Gasteiger partial charge in [-0.25, -0.2) is 0 Å². The molecule has 1 aromatic carbocycles. The van der Waals surface area contributed by atoms with Crippen molar-refractivity contribution in [1.82, 2.24) is 5.32 Å². The number of aliphatic hydroxyl groups excluding tert-OH is 1. The maximum absolute atomic E-state index is 12.1. The lowest BCUT2D eigenvalue weighted by Gasteiger charge is -2.17. The van der Waals surface area contributed by atoms with Crippen molar-refractivity contribution in [2.24, 2.45) is 11.8 Å². The van der Waals surface area contributed by atoms with Gasteiger partial charge in [0.2, 0.25) is 0 Å². The second kappa shape index (κ2) is 6.67. The molecule has 21 heavy (non-hydrogen) atoms. The molecule has 0 bridgehead atoms. The molecule has 1 aliphatic carbocycles. The number of aliphatic hydroxyl groups is 1. The van der Waals surface area contributed by atoms with Crippen molar-refractivity contribution in [2.75, 3.05) is 13.2 Å². The van der Waals surface area contributed by atoms with E-state index in [1.54, 1.807) is 19.1 Å². The van der Waals surface area contributed by atoms with Crippen LogP contribution in [0.25, 0.3) is 0 Å². The molecule has 6 nitrogen and oxygen atoms in total. The summed E-state index contributed by atoms with van der Waals surface area (Å²) in [5.74, 6) is 0.235. The Balaban J connectivity index is 2.00. The lowest BCUT2D eigenvalue weighted by atomic mass is 9.97. The summed E-state index contributed by atoms with van der Waals surface area (Å²) in [7, 11) is 0. The highest BCUT2D eigenvalue weighted by atomic mass is 16.6. The van der Waals surface area contributed by atoms with E-state index in [1.807, 2.05) is 0 Å². The molecule has 0 radical (unpaired) electrons. The predicted molar refractivity (Wildman–Crippen MR) is 78.1 cm³/mol. The van der Waals surface area contributed by atoms with Crippen LogP contribution in [0.4, 0.5) is 5.69 Å². The van der Waals surface area contributed by atoms with Crippen molar-refractivity contribution in [1.29, 1.82) is 0 Å². The van der Waals surface area contributed by atoms with E-state index in [4.69, 9.17) is 0 Å². The minimum atomic E-state index is -0.481. The van der Waals surface area contributed by atoms with Crippen LogP contribution < -0.4 is 5.32 Å². The highest BCUT2D eigenvalue weighted by molar-refractivity contribution is 5.94. The lowest BCUT2D eigenvalue weighted by molar-refractivity contribution is -0.385. The Hall–Kier alpha value is -1.95. The summed E-state index contributed by atoms with van der Waals surface area (Å²) in [6.07, 6.45) is 3.06. The molecule has 0 aliphatic heterocycles. The maximum Gasteiger partial charge on any atom is 0.273 e. The van der Waals surface area contributed by atoms with E-state index in [9.17, 15) is 20.0 Å². The second-order valence-corrected chi connectivity index (χ2v) is 5.60. The normalized spacial score (nSPS) is 21.2. The largest absolute Gasteiger partial charge is 0.396 e. The number of nitro groups is 1. The van der Waals surface area contributed by atoms with Crippen LogP contribution in [0.2, 0.25) is 0 Å². The number of hydrogen-bond donors (Lipinski definition) is 2. The summed E-state index contributed by atoms with van der Waals surface area (Å²) in [4.78, 5) is 22.5. The molecule has 1 aromatic rings. The highest BCUT2D eigenvalue weighted by Gasteiger charge is 2.27. The Labute approximate surface area is 123 Å². The van der Waals surface area contributed by atoms with Crippen LogP contribution in [-0.4, -0.2) is 29.1 Å². The van der Waals surface area contributed by atoms with Crippen LogP contribution in [0.15, 0.2) is 18.2 Å². The van der Waals surface area contributed by atoms with Crippen molar-refractivity contribution in [3.8, 4) is 0 Å². The molecule has 6 heteroatoms. The number of rotatable bonds is 5. The summed E-state index contributed by atoms with van der Waals surface area (Å²) in [6.45, 7) is 2.30. The third-order valence-electron chi connectivity index (χ3n) is 4.24. The molecule has 2 unspecified atom stereocenters. The van der Waals surface area contributed by atoms with Gasteiger partial charge in [0.15, 0.2) is 0 Å². The van der Waals surface area contributed by atoms with E-state index in [1.165, 1.54) is 6.07 Å². The predicted octanol–water partition coefficient (Wildman–Crippen LogP) is 2.04. The van der Waals surface area contributed by atoms with Gasteiger partial charge < -0.3 is 10.4 Å². The van der Waals surface area contributed by atoms with Gasteiger partial charge in [0, 0.05) is 30.3 Å². The van der Waals surface area contributed by atoms with Crippen molar-refractivity contribution >= 4 is 11.6 Å². The summed E-state index contributed by atoms with van der Waals surface area (Å²) in [5.41, 5.74) is 0.787. The van der Waals surface area contributed by atoms with E-state index in [0.29, 0.717) is 23.6 Å². The van der Waals surface area contributed by atoms with E-state index < -0.39 is 4.92 Å². The fourth-order valence-corrected chi connectivity index (χ4v) is 2.90. The Morgan fingerprint density at radius 3 is 2.81 bits per heavy atom. The molecule has 0 saturated heterocycles. The SMILES string of the molecule is Cc1ccc(C(=O)NCC2CCCC2CO)cc1[N+](=O)[O-]. The molecule has 2 atom stereocenters. The van der Waals surface area contributed by atoms with Gasteiger partial charge in [-0.3, -0.25) is 14.9 Å². The molecule has 0 spiro atoms. The van der Waals surface area contributed by atoms with E-state index >= 15 is 0 Å². The fourth-order valence-electron chi connectivity index (χ4n) is 2.90. The zero-order valence-electron chi connectivity index (χ0n) is 12.0. The highest BCUT2D eigenvalue weighted by Crippen LogP contribution is 2.30. The number of carbonyl (C=O) groups excluding carboxylic acids is 1. The number of nitrogens with zero attached hydrogens (tertiary/aromatic N) is 1. The molecular formula is C15H20N2O4. The molecule has 2 N–H and O–H groups in total. The number of aryl methyl sites for hydroxylation is 1. The Kier molecular flexibility index (Phi) is 4.90. The van der Waals surface area contributed by atoms with Crippen LogP contribution in [0, 0.1) is 28.9 Å². The van der Waals surface area contributed by atoms with Gasteiger partial charge in [-0.05, 0) is 37.7 Å². The van der Waals surface area contributed by atoms with Crippen molar-refractivity contribution < 1.29 is 14.8 Å². The number of carbonyl (C=O) groups is 1. The number of nitro benzene ring substituents is 1. The van der Waals surface area contributed by atoms with Crippen molar-refractivity contribution in [3.63, 3.8) is 0 Å². The van der Waals surface area contributed by atoms with Crippen LogP contribution in [0.1, 0.15) is 35.2 Å². The minimum absolute atomic E-state index is 0.0447. The summed E-state index contributed by atoms with van der Waals surface area (Å²) < 4.78 is 0. The van der Waals surface area contributed by atoms with Gasteiger partial charge in [-0.15, -0.1) is 0 Å². The van der Waals surface area contributed by atoms with Crippen LogP contribution in [0.3, 0.4) is 0 Å². The second-order valence-electron chi connectivity index (χ2n) is 5.60. The number of amides is 1. The topological polar surface area (TPSA) is 92.5 Å². The number of benzene rings is 1. The van der Waals surface area contributed by atoms with Crippen LogP contribution in [-0.2, 0) is 0 Å². The molecule has 0 heterocycles. The van der Waals surface area contributed by atoms with Gasteiger partial charge in [0.25, 0.3) is 11.6 Å². The van der Waals surface area contributed by atoms with E-state index in [-0.39, 0.29) is 24.1 Å². The third-order valence-corrected chi connectivity index (χ3v) is 4.24. The average Bonchev–Trinajstić information content (AvgIpc) is 2.92. The summed E-state index contributed by atoms with van der Waals surface area (Å²) in [5, 5.41) is 23.0. The van der Waals surface area contributed by atoms with Crippen molar-refractivity contribution in [3.05, 3.63) is 39.4 Å². The molecule has 1 amide bonds. The lowest BCUT2D eigenvalue weighted by Crippen LogP contribution is -2.31. The quantitative estimate of drug-likeness (QED) is 0.641. The first-order valence-corrected chi connectivity index (χ1v) is 7.17. The minimum Gasteiger partial charge on any atom is -0.396 e. The smallest absolute Gasteiger partial charge is 0.273 e. The summed E-state index contributed by atoms with van der Waals surface area (Å²) >= 11 is 0. The number of hydrogen-bond acceptors (Lipinski definition) is 4. The van der Waals surface area contributed by atoms with E-state index in [0.717, 1.165) is 19.3 Å². The molecule has 1 saturated carbocycles. The molecule has 114 valence electrons. The Morgan fingerprint density at radius 1 is 1.43 bits per heavy atom. The van der Waals surface area contributed by atoms with E-state index in [2.05, 4.69) is 5.32 Å². The van der Waals surface area contributed by atoms with Crippen LogP contribution >= 0.6 is 0 Å². The van der Waals surface area contributed by atoms with Gasteiger partial charge in [0.1, 0.15) is 0 Å². The van der Waals surface area contributed by atoms with Gasteiger partial charge in [-0.1, -0.05) is 12.5 Å². The average molecular weight is 292 g/mol. The standard InChI is InChI=1S/C15H20N2O4/c1-10-5-6-11(7-14(10)17(20)21)15(19)16-8-12-3-2-4-13(12)9-18/h5-7,12-13,18H,2-4,8-9H2,1H3,(H,16,19).